The van der Waals surface area contributed by atoms with Gasteiger partial charge >= 0.3 is 0 Å². The quantitative estimate of drug-likeness (QED) is 0.410. The van der Waals surface area contributed by atoms with E-state index in [-0.39, 0.29) is 22.9 Å². The lowest BCUT2D eigenvalue weighted by molar-refractivity contribution is -0.384. The van der Waals surface area contributed by atoms with Crippen molar-refractivity contribution < 1.29 is 14.5 Å². The fourth-order valence-electron chi connectivity index (χ4n) is 2.48. The zero-order valence-electron chi connectivity index (χ0n) is 15.2. The van der Waals surface area contributed by atoms with Crippen LogP contribution in [0.15, 0.2) is 53.4 Å². The molecule has 2 aromatic rings. The van der Waals surface area contributed by atoms with E-state index in [9.17, 15) is 14.9 Å². The number of nitrogens with zero attached hydrogens (tertiary/aromatic N) is 2. The zero-order valence-corrected chi connectivity index (χ0v) is 16.0. The number of nitro benzene ring substituents is 1. The van der Waals surface area contributed by atoms with Crippen LogP contribution in [0.5, 0.6) is 5.75 Å². The first-order valence-electron chi connectivity index (χ1n) is 8.15. The number of carbonyl (C=O) groups excluding carboxylic acids is 1. The standard InChI is InChI=1S/C19H22N2O4S/c1-13(15-5-9-17(25-4)10-6-15)20(3)19(22)14(2)26-18-11-7-16(8-12-18)21(23)24/h5-14H,1-4H3. The van der Waals surface area contributed by atoms with Gasteiger partial charge in [-0.25, -0.2) is 0 Å². The summed E-state index contributed by atoms with van der Waals surface area (Å²) in [4.78, 5) is 25.5. The SMILES string of the molecule is COc1ccc(C(C)N(C)C(=O)C(C)Sc2ccc([N+](=O)[O-])cc2)cc1. The second kappa shape index (κ2) is 8.71. The van der Waals surface area contributed by atoms with Crippen LogP contribution in [0.2, 0.25) is 0 Å². The number of benzene rings is 2. The highest BCUT2D eigenvalue weighted by Gasteiger charge is 2.23. The Labute approximate surface area is 157 Å². The van der Waals surface area contributed by atoms with E-state index in [4.69, 9.17) is 4.74 Å². The molecule has 0 N–H and O–H groups in total. The van der Waals surface area contributed by atoms with Gasteiger partial charge in [-0.05, 0) is 43.7 Å². The van der Waals surface area contributed by atoms with Gasteiger partial charge in [0.25, 0.3) is 5.69 Å². The molecule has 0 aliphatic rings. The number of thioether (sulfide) groups is 1. The van der Waals surface area contributed by atoms with Crippen LogP contribution < -0.4 is 4.74 Å². The summed E-state index contributed by atoms with van der Waals surface area (Å²) in [7, 11) is 3.40. The molecule has 0 heterocycles. The largest absolute Gasteiger partial charge is 0.497 e. The average molecular weight is 374 g/mol. The Morgan fingerprint density at radius 2 is 1.69 bits per heavy atom. The molecule has 0 fully saturated rings. The molecule has 0 spiro atoms. The molecule has 1 amide bonds. The van der Waals surface area contributed by atoms with Gasteiger partial charge in [0.05, 0.1) is 23.3 Å². The van der Waals surface area contributed by atoms with Gasteiger partial charge in [-0.15, -0.1) is 11.8 Å². The summed E-state index contributed by atoms with van der Waals surface area (Å²) >= 11 is 1.39. The second-order valence-electron chi connectivity index (χ2n) is 5.91. The maximum atomic E-state index is 12.7. The van der Waals surface area contributed by atoms with Crippen LogP contribution >= 0.6 is 11.8 Å². The summed E-state index contributed by atoms with van der Waals surface area (Å²) in [5.74, 6) is 0.772. The van der Waals surface area contributed by atoms with Crippen LogP contribution in [0, 0.1) is 10.1 Å². The van der Waals surface area contributed by atoms with Crippen molar-refractivity contribution in [2.24, 2.45) is 0 Å². The summed E-state index contributed by atoms with van der Waals surface area (Å²) < 4.78 is 5.16. The Morgan fingerprint density at radius 3 is 2.19 bits per heavy atom. The minimum atomic E-state index is -0.437. The second-order valence-corrected chi connectivity index (χ2v) is 7.32. The summed E-state index contributed by atoms with van der Waals surface area (Å²) in [6.45, 7) is 3.81. The van der Waals surface area contributed by atoms with Gasteiger partial charge in [-0.1, -0.05) is 12.1 Å². The molecule has 2 unspecified atom stereocenters. The van der Waals surface area contributed by atoms with E-state index in [1.165, 1.54) is 23.9 Å². The van der Waals surface area contributed by atoms with Gasteiger partial charge in [0.1, 0.15) is 5.75 Å². The van der Waals surface area contributed by atoms with Gasteiger partial charge in [0, 0.05) is 24.1 Å². The van der Waals surface area contributed by atoms with Gasteiger partial charge in [-0.2, -0.15) is 0 Å². The van der Waals surface area contributed by atoms with E-state index in [0.717, 1.165) is 16.2 Å². The lowest BCUT2D eigenvalue weighted by atomic mass is 10.1. The minimum absolute atomic E-state index is 0.00308. The zero-order chi connectivity index (χ0) is 19.3. The van der Waals surface area contributed by atoms with Crippen molar-refractivity contribution in [1.29, 1.82) is 0 Å². The Kier molecular flexibility index (Phi) is 6.63. The summed E-state index contributed by atoms with van der Waals surface area (Å²) in [5, 5.41) is 10.4. The van der Waals surface area contributed by atoms with E-state index in [0.29, 0.717) is 0 Å². The molecule has 2 aromatic carbocycles. The highest BCUT2D eigenvalue weighted by atomic mass is 32.2. The number of ether oxygens (including phenoxy) is 1. The predicted molar refractivity (Wildman–Crippen MR) is 103 cm³/mol. The van der Waals surface area contributed by atoms with Gasteiger partial charge < -0.3 is 9.64 Å². The van der Waals surface area contributed by atoms with Crippen LogP contribution in [0.1, 0.15) is 25.5 Å². The van der Waals surface area contributed by atoms with Crippen LogP contribution in [0.4, 0.5) is 5.69 Å². The Hall–Kier alpha value is -2.54. The maximum Gasteiger partial charge on any atom is 0.269 e. The van der Waals surface area contributed by atoms with Crippen molar-refractivity contribution in [3.8, 4) is 5.75 Å². The Morgan fingerprint density at radius 1 is 1.12 bits per heavy atom. The topological polar surface area (TPSA) is 72.7 Å². The average Bonchev–Trinajstić information content (AvgIpc) is 2.66. The Bertz CT molecular complexity index is 762. The molecule has 0 bridgehead atoms. The maximum absolute atomic E-state index is 12.7. The van der Waals surface area contributed by atoms with Crippen molar-refractivity contribution in [1.82, 2.24) is 4.90 Å². The van der Waals surface area contributed by atoms with Crippen molar-refractivity contribution in [2.45, 2.75) is 30.0 Å². The molecular weight excluding hydrogens is 352 g/mol. The number of hydrogen-bond acceptors (Lipinski definition) is 5. The first-order chi connectivity index (χ1) is 12.3. The minimum Gasteiger partial charge on any atom is -0.497 e. The fourth-order valence-corrected chi connectivity index (χ4v) is 3.45. The first kappa shape index (κ1) is 19.8. The molecule has 0 radical (unpaired) electrons. The van der Waals surface area contributed by atoms with E-state index in [1.54, 1.807) is 31.2 Å². The predicted octanol–water partition coefficient (Wildman–Crippen LogP) is 4.30. The molecule has 0 saturated heterocycles. The third-order valence-corrected chi connectivity index (χ3v) is 5.33. The summed E-state index contributed by atoms with van der Waals surface area (Å²) in [6, 6.07) is 13.8. The highest BCUT2D eigenvalue weighted by molar-refractivity contribution is 8.00. The molecule has 2 atom stereocenters. The molecule has 6 nitrogen and oxygen atoms in total. The van der Waals surface area contributed by atoms with Gasteiger partial charge in [-0.3, -0.25) is 14.9 Å². The van der Waals surface area contributed by atoms with E-state index >= 15 is 0 Å². The van der Waals surface area contributed by atoms with E-state index in [1.807, 2.05) is 38.1 Å². The smallest absolute Gasteiger partial charge is 0.269 e. The van der Waals surface area contributed by atoms with Crippen molar-refractivity contribution in [2.75, 3.05) is 14.2 Å². The monoisotopic (exact) mass is 374 g/mol. The van der Waals surface area contributed by atoms with Crippen LogP contribution in [-0.2, 0) is 4.79 Å². The summed E-state index contributed by atoms with van der Waals surface area (Å²) in [6.07, 6.45) is 0. The van der Waals surface area contributed by atoms with Crippen LogP contribution in [-0.4, -0.2) is 35.1 Å². The molecule has 138 valence electrons. The Balaban J connectivity index is 2.02. The number of methoxy groups -OCH3 is 1. The lowest BCUT2D eigenvalue weighted by Gasteiger charge is -2.28. The number of rotatable bonds is 7. The fraction of sp³-hybridized carbons (Fsp3) is 0.316. The molecule has 0 aliphatic carbocycles. The van der Waals surface area contributed by atoms with Crippen molar-refractivity contribution in [3.63, 3.8) is 0 Å². The van der Waals surface area contributed by atoms with Crippen molar-refractivity contribution >= 4 is 23.4 Å². The number of carbonyl (C=O) groups is 1. The number of amides is 1. The van der Waals surface area contributed by atoms with E-state index < -0.39 is 4.92 Å². The molecule has 26 heavy (non-hydrogen) atoms. The van der Waals surface area contributed by atoms with Crippen molar-refractivity contribution in [3.05, 3.63) is 64.2 Å². The van der Waals surface area contributed by atoms with Gasteiger partial charge in [0.2, 0.25) is 5.91 Å². The number of non-ortho nitro benzene ring substituents is 1. The third-order valence-electron chi connectivity index (χ3n) is 4.23. The molecule has 0 aromatic heterocycles. The summed E-state index contributed by atoms with van der Waals surface area (Å²) in [5.41, 5.74) is 1.06. The number of hydrogen-bond donors (Lipinski definition) is 0. The molecule has 7 heteroatoms. The van der Waals surface area contributed by atoms with Gasteiger partial charge in [0.15, 0.2) is 0 Å². The first-order valence-corrected chi connectivity index (χ1v) is 9.03. The molecule has 0 saturated carbocycles. The molecule has 2 rings (SSSR count). The highest BCUT2D eigenvalue weighted by Crippen LogP contribution is 2.29. The lowest BCUT2D eigenvalue weighted by Crippen LogP contribution is -2.35. The molecule has 0 aliphatic heterocycles. The van der Waals surface area contributed by atoms with E-state index in [2.05, 4.69) is 0 Å². The third kappa shape index (κ3) is 4.76. The molecular formula is C19H22N2O4S. The van der Waals surface area contributed by atoms with Crippen LogP contribution in [0.3, 0.4) is 0 Å². The number of nitro groups is 1. The van der Waals surface area contributed by atoms with Crippen LogP contribution in [0.25, 0.3) is 0 Å². The normalized spacial score (nSPS) is 12.9.